The van der Waals surface area contributed by atoms with Crippen LogP contribution in [-0.4, -0.2) is 12.1 Å². The summed E-state index contributed by atoms with van der Waals surface area (Å²) in [5, 5.41) is 0. The molecule has 2 N–H and O–H groups in total. The maximum atomic E-state index is 5.62. The van der Waals surface area contributed by atoms with Crippen LogP contribution in [0.5, 0.6) is 5.88 Å². The van der Waals surface area contributed by atoms with Crippen molar-refractivity contribution in [3.05, 3.63) is 24.4 Å². The molecule has 1 heterocycles. The molecule has 1 aromatic rings. The summed E-state index contributed by atoms with van der Waals surface area (Å²) in [4.78, 5) is 3.96. The minimum atomic E-state index is 0.521. The third-order valence-electron chi connectivity index (χ3n) is 1.37. The SMILES string of the molecule is C=Cc1cnc(OC)cc1N. The number of ether oxygens (including phenoxy) is 1. The van der Waals surface area contributed by atoms with Crippen LogP contribution in [-0.2, 0) is 0 Å². The van der Waals surface area contributed by atoms with Gasteiger partial charge in [-0.15, -0.1) is 0 Å². The van der Waals surface area contributed by atoms with Gasteiger partial charge in [0.1, 0.15) is 0 Å². The van der Waals surface area contributed by atoms with Crippen molar-refractivity contribution in [2.24, 2.45) is 0 Å². The summed E-state index contributed by atoms with van der Waals surface area (Å²) in [5.74, 6) is 0.521. The molecule has 3 nitrogen and oxygen atoms in total. The Labute approximate surface area is 65.5 Å². The van der Waals surface area contributed by atoms with Gasteiger partial charge in [-0.25, -0.2) is 4.98 Å². The smallest absolute Gasteiger partial charge is 0.215 e. The number of methoxy groups -OCH3 is 1. The Hall–Kier alpha value is -1.51. The molecule has 0 spiro atoms. The quantitative estimate of drug-likeness (QED) is 0.691. The van der Waals surface area contributed by atoms with E-state index in [-0.39, 0.29) is 0 Å². The molecule has 0 fully saturated rings. The molecule has 3 heteroatoms. The summed E-state index contributed by atoms with van der Waals surface area (Å²) >= 11 is 0. The fourth-order valence-electron chi connectivity index (χ4n) is 0.744. The van der Waals surface area contributed by atoms with E-state index in [1.807, 2.05) is 0 Å². The van der Waals surface area contributed by atoms with Crippen LogP contribution in [0.1, 0.15) is 5.56 Å². The molecule has 0 saturated carbocycles. The van der Waals surface area contributed by atoms with Crippen LogP contribution in [0.4, 0.5) is 5.69 Å². The molecule has 0 bridgehead atoms. The van der Waals surface area contributed by atoms with Gasteiger partial charge in [0.2, 0.25) is 5.88 Å². The molecule has 58 valence electrons. The number of hydrogen-bond acceptors (Lipinski definition) is 3. The molecule has 0 unspecified atom stereocenters. The van der Waals surface area contributed by atoms with Gasteiger partial charge in [-0.3, -0.25) is 0 Å². The standard InChI is InChI=1S/C8H10N2O/c1-3-6-5-10-8(11-2)4-7(6)9/h3-5H,1H2,2H3,(H2,9,10). The lowest BCUT2D eigenvalue weighted by atomic mass is 10.2. The molecule has 0 aliphatic rings. The average Bonchev–Trinajstić information content (AvgIpc) is 2.04. The third kappa shape index (κ3) is 1.49. The van der Waals surface area contributed by atoms with Gasteiger partial charge in [0.15, 0.2) is 0 Å². The van der Waals surface area contributed by atoms with Crippen molar-refractivity contribution < 1.29 is 4.74 Å². The maximum Gasteiger partial charge on any atom is 0.215 e. The zero-order chi connectivity index (χ0) is 8.27. The van der Waals surface area contributed by atoms with Gasteiger partial charge in [0, 0.05) is 23.5 Å². The summed E-state index contributed by atoms with van der Waals surface area (Å²) < 4.78 is 4.87. The van der Waals surface area contributed by atoms with Crippen molar-refractivity contribution in [1.82, 2.24) is 4.98 Å². The van der Waals surface area contributed by atoms with E-state index in [1.54, 1.807) is 25.4 Å². The second-order valence-electron chi connectivity index (χ2n) is 2.06. The molecule has 0 saturated heterocycles. The van der Waals surface area contributed by atoms with Crippen LogP contribution in [0.3, 0.4) is 0 Å². The van der Waals surface area contributed by atoms with Gasteiger partial charge in [-0.2, -0.15) is 0 Å². The summed E-state index contributed by atoms with van der Waals surface area (Å²) in [7, 11) is 1.55. The number of rotatable bonds is 2. The monoisotopic (exact) mass is 150 g/mol. The Morgan fingerprint density at radius 2 is 2.45 bits per heavy atom. The van der Waals surface area contributed by atoms with Gasteiger partial charge in [-0.05, 0) is 0 Å². The van der Waals surface area contributed by atoms with Crippen LogP contribution in [0, 0.1) is 0 Å². The molecule has 1 rings (SSSR count). The first-order valence-corrected chi connectivity index (χ1v) is 3.20. The van der Waals surface area contributed by atoms with Crippen LogP contribution >= 0.6 is 0 Å². The van der Waals surface area contributed by atoms with Crippen molar-refractivity contribution in [2.75, 3.05) is 12.8 Å². The summed E-state index contributed by atoms with van der Waals surface area (Å²) in [5.41, 5.74) is 7.07. The minimum Gasteiger partial charge on any atom is -0.481 e. The van der Waals surface area contributed by atoms with E-state index in [1.165, 1.54) is 0 Å². The molecule has 11 heavy (non-hydrogen) atoms. The Balaban J connectivity index is 3.09. The number of aromatic nitrogens is 1. The number of hydrogen-bond donors (Lipinski definition) is 1. The molecular formula is C8H10N2O. The first-order valence-electron chi connectivity index (χ1n) is 3.20. The second kappa shape index (κ2) is 3.05. The normalized spacial score (nSPS) is 9.18. The number of pyridine rings is 1. The zero-order valence-corrected chi connectivity index (χ0v) is 6.37. The van der Waals surface area contributed by atoms with Crippen molar-refractivity contribution >= 4 is 11.8 Å². The first-order chi connectivity index (χ1) is 5.27. The average molecular weight is 150 g/mol. The van der Waals surface area contributed by atoms with E-state index in [0.717, 1.165) is 5.56 Å². The highest BCUT2D eigenvalue weighted by atomic mass is 16.5. The van der Waals surface area contributed by atoms with Gasteiger partial charge in [0.05, 0.1) is 7.11 Å². The molecule has 0 aliphatic carbocycles. The highest BCUT2D eigenvalue weighted by molar-refractivity contribution is 5.63. The molecule has 1 aromatic heterocycles. The van der Waals surface area contributed by atoms with E-state index in [2.05, 4.69) is 11.6 Å². The Morgan fingerprint density at radius 1 is 1.73 bits per heavy atom. The molecule has 0 amide bonds. The van der Waals surface area contributed by atoms with Crippen LogP contribution in [0.2, 0.25) is 0 Å². The van der Waals surface area contributed by atoms with Gasteiger partial charge >= 0.3 is 0 Å². The fraction of sp³-hybridized carbons (Fsp3) is 0.125. The molecule has 0 aliphatic heterocycles. The van der Waals surface area contributed by atoms with E-state index >= 15 is 0 Å². The predicted molar refractivity (Wildman–Crippen MR) is 45.3 cm³/mol. The van der Waals surface area contributed by atoms with Gasteiger partial charge < -0.3 is 10.5 Å². The number of nitrogen functional groups attached to an aromatic ring is 1. The highest BCUT2D eigenvalue weighted by Gasteiger charge is 1.97. The van der Waals surface area contributed by atoms with Gasteiger partial charge in [0.25, 0.3) is 0 Å². The largest absolute Gasteiger partial charge is 0.481 e. The second-order valence-corrected chi connectivity index (χ2v) is 2.06. The lowest BCUT2D eigenvalue weighted by Gasteiger charge is -2.01. The third-order valence-corrected chi connectivity index (χ3v) is 1.37. The number of nitrogens with two attached hydrogens (primary N) is 1. The Kier molecular flexibility index (Phi) is 2.11. The van der Waals surface area contributed by atoms with Crippen molar-refractivity contribution in [3.8, 4) is 5.88 Å². The van der Waals surface area contributed by atoms with Crippen LogP contribution in [0.25, 0.3) is 6.08 Å². The summed E-state index contributed by atoms with van der Waals surface area (Å²) in [6.07, 6.45) is 3.28. The zero-order valence-electron chi connectivity index (χ0n) is 6.37. The number of nitrogens with zero attached hydrogens (tertiary/aromatic N) is 1. The predicted octanol–water partition coefficient (Wildman–Crippen LogP) is 1.32. The summed E-state index contributed by atoms with van der Waals surface area (Å²) in [6.45, 7) is 3.59. The number of anilines is 1. The molecule has 0 radical (unpaired) electrons. The summed E-state index contributed by atoms with van der Waals surface area (Å²) in [6, 6.07) is 1.66. The first kappa shape index (κ1) is 7.60. The lowest BCUT2D eigenvalue weighted by molar-refractivity contribution is 0.398. The van der Waals surface area contributed by atoms with E-state index in [0.29, 0.717) is 11.6 Å². The van der Waals surface area contributed by atoms with Crippen molar-refractivity contribution in [3.63, 3.8) is 0 Å². The minimum absolute atomic E-state index is 0.521. The van der Waals surface area contributed by atoms with E-state index in [4.69, 9.17) is 10.5 Å². The van der Waals surface area contributed by atoms with E-state index in [9.17, 15) is 0 Å². The van der Waals surface area contributed by atoms with Crippen LogP contribution in [0.15, 0.2) is 18.8 Å². The highest BCUT2D eigenvalue weighted by Crippen LogP contribution is 2.16. The molecule has 0 aromatic carbocycles. The fourth-order valence-corrected chi connectivity index (χ4v) is 0.744. The molecular weight excluding hydrogens is 140 g/mol. The van der Waals surface area contributed by atoms with E-state index < -0.39 is 0 Å². The van der Waals surface area contributed by atoms with Crippen molar-refractivity contribution in [2.45, 2.75) is 0 Å². The van der Waals surface area contributed by atoms with Crippen LogP contribution < -0.4 is 10.5 Å². The van der Waals surface area contributed by atoms with Gasteiger partial charge in [-0.1, -0.05) is 12.7 Å². The Bertz CT molecular complexity index is 271. The maximum absolute atomic E-state index is 5.62. The van der Waals surface area contributed by atoms with Crippen molar-refractivity contribution in [1.29, 1.82) is 0 Å². The Morgan fingerprint density at radius 3 is 2.91 bits per heavy atom. The lowest BCUT2D eigenvalue weighted by Crippen LogP contribution is -1.93. The molecule has 0 atom stereocenters. The topological polar surface area (TPSA) is 48.1 Å².